The van der Waals surface area contributed by atoms with Gasteiger partial charge in [0.2, 0.25) is 0 Å². The lowest BCUT2D eigenvalue weighted by molar-refractivity contribution is 1.07. The largest absolute Gasteiger partial charge is 0.258 e. The van der Waals surface area contributed by atoms with Crippen molar-refractivity contribution in [2.24, 2.45) is 0 Å². The average Bonchev–Trinajstić information content (AvgIpc) is 3.38. The summed E-state index contributed by atoms with van der Waals surface area (Å²) in [6.45, 7) is 4.09. The summed E-state index contributed by atoms with van der Waals surface area (Å²) in [6.07, 6.45) is 0. The van der Waals surface area contributed by atoms with E-state index in [1.54, 1.807) is 0 Å². The first-order valence-corrected chi connectivity index (χ1v) is 22.0. The van der Waals surface area contributed by atoms with Gasteiger partial charge in [-0.3, -0.25) is 4.98 Å². The van der Waals surface area contributed by atoms with Crippen molar-refractivity contribution in [1.82, 2.24) is 34.9 Å². The number of benzene rings is 8. The van der Waals surface area contributed by atoms with Gasteiger partial charge in [0.25, 0.3) is 0 Å². The topological polar surface area (TPSA) is 90.2 Å². The molecule has 3 heterocycles. The van der Waals surface area contributed by atoms with Crippen molar-refractivity contribution in [3.63, 3.8) is 0 Å². The van der Waals surface area contributed by atoms with Gasteiger partial charge in [0.1, 0.15) is 0 Å². The van der Waals surface area contributed by atoms with Crippen LogP contribution in [0.25, 0.3) is 112 Å². The zero-order chi connectivity index (χ0) is 44.4. The molecule has 0 saturated carbocycles. The highest BCUT2D eigenvalue weighted by Gasteiger charge is 2.18. The molecule has 0 aliphatic rings. The van der Waals surface area contributed by atoms with Crippen molar-refractivity contribution in [2.75, 3.05) is 0 Å². The fraction of sp³-hybridized carbons (Fsp3) is 0.0339. The molecule has 0 unspecified atom stereocenters. The molecule has 0 bridgehead atoms. The normalized spacial score (nSPS) is 11.2. The lowest BCUT2D eigenvalue weighted by atomic mass is 9.90. The fourth-order valence-corrected chi connectivity index (χ4v) is 8.48. The molecular formula is C59H41N7. The lowest BCUT2D eigenvalue weighted by Crippen LogP contribution is -2.00. The van der Waals surface area contributed by atoms with Gasteiger partial charge in [-0.15, -0.1) is 0 Å². The van der Waals surface area contributed by atoms with Crippen LogP contribution in [0, 0.1) is 13.8 Å². The van der Waals surface area contributed by atoms with Crippen molar-refractivity contribution in [3.8, 4) is 102 Å². The maximum atomic E-state index is 5.12. The fourth-order valence-electron chi connectivity index (χ4n) is 8.48. The van der Waals surface area contributed by atoms with E-state index in [0.29, 0.717) is 34.9 Å². The highest BCUT2D eigenvalue weighted by Crippen LogP contribution is 2.39. The molecule has 0 aliphatic carbocycles. The van der Waals surface area contributed by atoms with E-state index < -0.39 is 0 Å². The summed E-state index contributed by atoms with van der Waals surface area (Å²) in [6, 6.07) is 72.9. The second-order valence-electron chi connectivity index (χ2n) is 16.3. The van der Waals surface area contributed by atoms with Gasteiger partial charge < -0.3 is 0 Å². The molecule has 7 heteroatoms. The Morgan fingerprint density at radius 3 is 1.12 bits per heavy atom. The second kappa shape index (κ2) is 17.4. The monoisotopic (exact) mass is 847 g/mol. The van der Waals surface area contributed by atoms with Crippen LogP contribution in [0.15, 0.2) is 212 Å². The van der Waals surface area contributed by atoms with Crippen LogP contribution in [0.5, 0.6) is 0 Å². The molecule has 7 nitrogen and oxygen atoms in total. The summed E-state index contributed by atoms with van der Waals surface area (Å²) >= 11 is 0. The summed E-state index contributed by atoms with van der Waals surface area (Å²) in [5, 5.41) is 2.29. The van der Waals surface area contributed by atoms with Crippen LogP contribution in [0.4, 0.5) is 0 Å². The number of hydrogen-bond donors (Lipinski definition) is 0. The first-order chi connectivity index (χ1) is 32.5. The van der Waals surface area contributed by atoms with Gasteiger partial charge >= 0.3 is 0 Å². The van der Waals surface area contributed by atoms with Crippen LogP contribution < -0.4 is 0 Å². The maximum Gasteiger partial charge on any atom is 0.164 e. The standard InChI is InChI=1S/C59H41N7/c1-38-32-51(33-39(2)60-38)52-31-30-46(37-53(52)47-25-15-27-49(36-47)58-62-54(41-17-6-3-7-18-41)61-55(63-58)42-19-8-4-9-20-42)45-24-14-26-48(35-45)57-64-56(43-21-10-5-11-22-43)65-59(66-57)50-29-28-40-16-12-13-23-44(40)34-50/h3-37H,1-2H3. The Morgan fingerprint density at radius 2 is 0.591 bits per heavy atom. The van der Waals surface area contributed by atoms with Crippen molar-refractivity contribution < 1.29 is 0 Å². The highest BCUT2D eigenvalue weighted by atomic mass is 15.0. The zero-order valence-electron chi connectivity index (χ0n) is 36.3. The molecule has 0 aliphatic heterocycles. The zero-order valence-corrected chi connectivity index (χ0v) is 36.3. The molecule has 0 amide bonds. The molecule has 8 aromatic carbocycles. The Balaban J connectivity index is 1.04. The van der Waals surface area contributed by atoms with E-state index in [4.69, 9.17) is 34.9 Å². The summed E-state index contributed by atoms with van der Waals surface area (Å²) < 4.78 is 0. The molecule has 11 rings (SSSR count). The second-order valence-corrected chi connectivity index (χ2v) is 16.3. The van der Waals surface area contributed by atoms with Gasteiger partial charge in [-0.05, 0) is 94.4 Å². The number of rotatable bonds is 9. The van der Waals surface area contributed by atoms with Gasteiger partial charge in [0.15, 0.2) is 34.9 Å². The molecule has 0 spiro atoms. The van der Waals surface area contributed by atoms with E-state index in [0.717, 1.165) is 88.9 Å². The van der Waals surface area contributed by atoms with E-state index in [9.17, 15) is 0 Å². The molecule has 11 aromatic rings. The van der Waals surface area contributed by atoms with Gasteiger partial charge in [-0.2, -0.15) is 0 Å². The van der Waals surface area contributed by atoms with E-state index in [1.165, 1.54) is 0 Å². The molecule has 0 radical (unpaired) electrons. The number of aromatic nitrogens is 7. The van der Waals surface area contributed by atoms with E-state index in [2.05, 4.69) is 121 Å². The van der Waals surface area contributed by atoms with Crippen LogP contribution in [-0.2, 0) is 0 Å². The first kappa shape index (κ1) is 40.0. The van der Waals surface area contributed by atoms with Crippen molar-refractivity contribution in [1.29, 1.82) is 0 Å². The van der Waals surface area contributed by atoms with Gasteiger partial charge in [0.05, 0.1) is 0 Å². The van der Waals surface area contributed by atoms with Gasteiger partial charge in [-0.1, -0.05) is 176 Å². The van der Waals surface area contributed by atoms with Gasteiger partial charge in [0, 0.05) is 44.8 Å². The molecule has 312 valence electrons. The van der Waals surface area contributed by atoms with E-state index in [-0.39, 0.29) is 0 Å². The Hall–Kier alpha value is -8.81. The molecule has 66 heavy (non-hydrogen) atoms. The summed E-state index contributed by atoms with van der Waals surface area (Å²) in [5.41, 5.74) is 13.8. The number of hydrogen-bond acceptors (Lipinski definition) is 7. The van der Waals surface area contributed by atoms with E-state index in [1.807, 2.05) is 105 Å². The maximum absolute atomic E-state index is 5.12. The number of pyridine rings is 1. The Bertz CT molecular complexity index is 3480. The molecule has 0 saturated heterocycles. The lowest BCUT2D eigenvalue weighted by Gasteiger charge is -2.16. The third-order valence-corrected chi connectivity index (χ3v) is 11.7. The highest BCUT2D eigenvalue weighted by molar-refractivity contribution is 5.90. The van der Waals surface area contributed by atoms with Crippen LogP contribution >= 0.6 is 0 Å². The molecular weight excluding hydrogens is 807 g/mol. The van der Waals surface area contributed by atoms with Crippen molar-refractivity contribution in [3.05, 3.63) is 224 Å². The van der Waals surface area contributed by atoms with E-state index >= 15 is 0 Å². The smallest absolute Gasteiger partial charge is 0.164 e. The van der Waals surface area contributed by atoms with Crippen LogP contribution in [0.2, 0.25) is 0 Å². The SMILES string of the molecule is Cc1cc(-c2ccc(-c3cccc(-c4nc(-c5ccccc5)nc(-c5ccc6ccccc6c5)n4)c3)cc2-c2cccc(-c3nc(-c4ccccc4)nc(-c4ccccc4)n3)c2)cc(C)n1. The molecule has 0 atom stereocenters. The quantitative estimate of drug-likeness (QED) is 0.143. The Kier molecular flexibility index (Phi) is 10.5. The molecule has 0 N–H and O–H groups in total. The summed E-state index contributed by atoms with van der Waals surface area (Å²) in [4.78, 5) is 35.0. The summed E-state index contributed by atoms with van der Waals surface area (Å²) in [5.74, 6) is 3.68. The average molecular weight is 848 g/mol. The van der Waals surface area contributed by atoms with Crippen LogP contribution in [0.1, 0.15) is 11.4 Å². The first-order valence-electron chi connectivity index (χ1n) is 22.0. The van der Waals surface area contributed by atoms with Crippen LogP contribution in [0.3, 0.4) is 0 Å². The molecule has 3 aromatic heterocycles. The number of aryl methyl sites for hydroxylation is 2. The van der Waals surface area contributed by atoms with Crippen molar-refractivity contribution in [2.45, 2.75) is 13.8 Å². The summed E-state index contributed by atoms with van der Waals surface area (Å²) in [7, 11) is 0. The van der Waals surface area contributed by atoms with Crippen LogP contribution in [-0.4, -0.2) is 34.9 Å². The number of fused-ring (bicyclic) bond motifs is 1. The minimum Gasteiger partial charge on any atom is -0.258 e. The van der Waals surface area contributed by atoms with Crippen molar-refractivity contribution >= 4 is 10.8 Å². The minimum absolute atomic E-state index is 0.598. The number of nitrogens with zero attached hydrogens (tertiary/aromatic N) is 7. The third kappa shape index (κ3) is 8.25. The molecule has 0 fully saturated rings. The predicted octanol–water partition coefficient (Wildman–Crippen LogP) is 14.2. The Labute approximate surface area is 383 Å². The minimum atomic E-state index is 0.598. The predicted molar refractivity (Wildman–Crippen MR) is 267 cm³/mol. The third-order valence-electron chi connectivity index (χ3n) is 11.7. The van der Waals surface area contributed by atoms with Gasteiger partial charge in [-0.25, -0.2) is 29.9 Å². The Morgan fingerprint density at radius 1 is 0.212 bits per heavy atom.